The summed E-state index contributed by atoms with van der Waals surface area (Å²) in [6.45, 7) is 7.65. The summed E-state index contributed by atoms with van der Waals surface area (Å²) >= 11 is 0. The third-order valence-corrected chi connectivity index (χ3v) is 4.31. The quantitative estimate of drug-likeness (QED) is 0.210. The Morgan fingerprint density at radius 3 is 2.20 bits per heavy atom. The lowest BCUT2D eigenvalue weighted by Gasteiger charge is -2.10. The highest BCUT2D eigenvalue weighted by Crippen LogP contribution is 2.23. The highest BCUT2D eigenvalue weighted by molar-refractivity contribution is 8.93. The van der Waals surface area contributed by atoms with E-state index >= 15 is 0 Å². The maximum atomic E-state index is 11.5. The number of pyridine rings is 1. The highest BCUT2D eigenvalue weighted by atomic mass is 79.9. The molecule has 0 N–H and O–H groups in total. The maximum Gasteiger partial charge on any atom is 0.335 e. The van der Waals surface area contributed by atoms with Crippen molar-refractivity contribution in [2.24, 2.45) is 0 Å². The molecule has 4 heteroatoms. The number of hydrogen-bond donors (Lipinski definition) is 0. The van der Waals surface area contributed by atoms with Crippen LogP contribution in [0.2, 0.25) is 0 Å². The van der Waals surface area contributed by atoms with Crippen LogP contribution in [0.3, 0.4) is 0 Å². The smallest absolute Gasteiger partial charge is 0.335 e. The first-order valence-electron chi connectivity index (χ1n) is 9.47. The predicted octanol–water partition coefficient (Wildman–Crippen LogP) is 6.52. The summed E-state index contributed by atoms with van der Waals surface area (Å²) < 4.78 is 5.35. The van der Waals surface area contributed by atoms with Crippen molar-refractivity contribution in [1.29, 1.82) is 0 Å². The number of halogens is 1. The first-order valence-corrected chi connectivity index (χ1v) is 9.47. The van der Waals surface area contributed by atoms with Crippen LogP contribution in [0.4, 0.5) is 0 Å². The molecular weight excluding hydrogens is 378 g/mol. The van der Waals surface area contributed by atoms with Gasteiger partial charge in [-0.1, -0.05) is 71.3 Å². The molecule has 0 aromatic carbocycles. The number of nitrogens with zero attached hydrogens (tertiary/aromatic N) is 1. The van der Waals surface area contributed by atoms with Gasteiger partial charge in [-0.05, 0) is 31.4 Å². The second-order valence-electron chi connectivity index (χ2n) is 6.46. The van der Waals surface area contributed by atoms with Crippen LogP contribution in [0.15, 0.2) is 24.9 Å². The van der Waals surface area contributed by atoms with E-state index in [1.54, 1.807) is 6.20 Å². The summed E-state index contributed by atoms with van der Waals surface area (Å²) in [5.74, 6) is 0.189. The van der Waals surface area contributed by atoms with E-state index in [-0.39, 0.29) is 17.0 Å². The number of esters is 1. The van der Waals surface area contributed by atoms with Gasteiger partial charge in [0, 0.05) is 12.3 Å². The van der Waals surface area contributed by atoms with Crippen molar-refractivity contribution in [3.8, 4) is 5.75 Å². The Morgan fingerprint density at radius 2 is 1.64 bits per heavy atom. The van der Waals surface area contributed by atoms with Crippen LogP contribution in [0.5, 0.6) is 5.75 Å². The summed E-state index contributed by atoms with van der Waals surface area (Å²) in [4.78, 5) is 15.9. The molecule has 0 saturated carbocycles. The van der Waals surface area contributed by atoms with Crippen molar-refractivity contribution in [2.45, 2.75) is 84.5 Å². The number of carbonyl (C=O) groups excluding carboxylic acids is 1. The van der Waals surface area contributed by atoms with E-state index in [1.807, 2.05) is 13.0 Å². The summed E-state index contributed by atoms with van der Waals surface area (Å²) in [6, 6.07) is 1.87. The standard InChI is InChI=1S/C21H33NO2.BrH/c1-4-6-7-8-9-10-11-12-13-14-15-19-21(24-20(23)5-2)18(3)16-17-22-19;/h5,16-17H,2,4,6-15H2,1,3H3;1H. The van der Waals surface area contributed by atoms with Gasteiger partial charge < -0.3 is 4.74 Å². The molecule has 0 saturated heterocycles. The van der Waals surface area contributed by atoms with Gasteiger partial charge in [0.1, 0.15) is 0 Å². The number of unbranched alkanes of at least 4 members (excludes halogenated alkanes) is 9. The molecule has 0 aliphatic heterocycles. The molecule has 0 bridgehead atoms. The Labute approximate surface area is 164 Å². The Balaban J connectivity index is 0.00000576. The Kier molecular flexibility index (Phi) is 14.4. The number of carbonyl (C=O) groups is 1. The third kappa shape index (κ3) is 10.4. The van der Waals surface area contributed by atoms with Gasteiger partial charge in [-0.25, -0.2) is 4.79 Å². The van der Waals surface area contributed by atoms with Crippen LogP contribution < -0.4 is 4.74 Å². The molecule has 0 unspecified atom stereocenters. The van der Waals surface area contributed by atoms with Crippen LogP contribution >= 0.6 is 17.0 Å². The molecule has 0 atom stereocenters. The van der Waals surface area contributed by atoms with Crippen molar-refractivity contribution < 1.29 is 9.53 Å². The lowest BCUT2D eigenvalue weighted by Crippen LogP contribution is -2.08. The van der Waals surface area contributed by atoms with Gasteiger partial charge in [0.05, 0.1) is 5.69 Å². The second-order valence-corrected chi connectivity index (χ2v) is 6.46. The minimum atomic E-state index is -0.421. The molecule has 3 nitrogen and oxygen atoms in total. The van der Waals surface area contributed by atoms with Crippen LogP contribution in [-0.4, -0.2) is 11.0 Å². The van der Waals surface area contributed by atoms with Crippen molar-refractivity contribution >= 4 is 23.0 Å². The summed E-state index contributed by atoms with van der Waals surface area (Å²) in [5, 5.41) is 0. The average Bonchev–Trinajstić information content (AvgIpc) is 2.59. The van der Waals surface area contributed by atoms with Crippen LogP contribution in [0.25, 0.3) is 0 Å². The van der Waals surface area contributed by atoms with E-state index < -0.39 is 5.97 Å². The van der Waals surface area contributed by atoms with Crippen molar-refractivity contribution in [2.75, 3.05) is 0 Å². The molecule has 1 rings (SSSR count). The minimum absolute atomic E-state index is 0. The van der Waals surface area contributed by atoms with E-state index in [4.69, 9.17) is 4.74 Å². The molecular formula is C21H34BrNO2. The molecule has 0 spiro atoms. The van der Waals surface area contributed by atoms with Gasteiger partial charge >= 0.3 is 5.97 Å². The molecule has 25 heavy (non-hydrogen) atoms. The fourth-order valence-electron chi connectivity index (χ4n) is 2.84. The number of hydrogen-bond acceptors (Lipinski definition) is 3. The number of rotatable bonds is 13. The van der Waals surface area contributed by atoms with Gasteiger partial charge in [0.25, 0.3) is 0 Å². The van der Waals surface area contributed by atoms with Gasteiger partial charge in [0.15, 0.2) is 5.75 Å². The Hall–Kier alpha value is -1.16. The Morgan fingerprint density at radius 1 is 1.08 bits per heavy atom. The van der Waals surface area contributed by atoms with Gasteiger partial charge in [-0.2, -0.15) is 0 Å². The average molecular weight is 412 g/mol. The first kappa shape index (κ1) is 23.8. The largest absolute Gasteiger partial charge is 0.421 e. The van der Waals surface area contributed by atoms with Gasteiger partial charge in [0.2, 0.25) is 0 Å². The van der Waals surface area contributed by atoms with Crippen LogP contribution in [0, 0.1) is 6.92 Å². The summed E-state index contributed by atoms with van der Waals surface area (Å²) in [5.41, 5.74) is 1.83. The zero-order valence-corrected chi connectivity index (χ0v) is 17.6. The van der Waals surface area contributed by atoms with Crippen molar-refractivity contribution in [3.05, 3.63) is 36.2 Å². The van der Waals surface area contributed by atoms with E-state index in [0.717, 1.165) is 24.1 Å². The first-order chi connectivity index (χ1) is 11.7. The predicted molar refractivity (Wildman–Crippen MR) is 111 cm³/mol. The zero-order valence-electron chi connectivity index (χ0n) is 15.9. The lowest BCUT2D eigenvalue weighted by atomic mass is 10.0. The van der Waals surface area contributed by atoms with E-state index in [0.29, 0.717) is 5.75 Å². The lowest BCUT2D eigenvalue weighted by molar-refractivity contribution is -0.129. The molecule has 0 aliphatic carbocycles. The van der Waals surface area contributed by atoms with Crippen LogP contribution in [0.1, 0.15) is 82.4 Å². The molecule has 0 radical (unpaired) electrons. The highest BCUT2D eigenvalue weighted by Gasteiger charge is 2.11. The number of aromatic nitrogens is 1. The number of aryl methyl sites for hydroxylation is 2. The topological polar surface area (TPSA) is 39.2 Å². The molecule has 0 fully saturated rings. The molecule has 142 valence electrons. The molecule has 1 aromatic heterocycles. The normalized spacial score (nSPS) is 10.2. The van der Waals surface area contributed by atoms with E-state index in [9.17, 15) is 4.79 Å². The van der Waals surface area contributed by atoms with Crippen molar-refractivity contribution in [3.63, 3.8) is 0 Å². The number of ether oxygens (including phenoxy) is 1. The molecule has 0 amide bonds. The monoisotopic (exact) mass is 411 g/mol. The maximum absolute atomic E-state index is 11.5. The van der Waals surface area contributed by atoms with E-state index in [1.165, 1.54) is 63.9 Å². The fraction of sp³-hybridized carbons (Fsp3) is 0.619. The minimum Gasteiger partial charge on any atom is -0.421 e. The Bertz CT molecular complexity index is 503. The van der Waals surface area contributed by atoms with Crippen molar-refractivity contribution in [1.82, 2.24) is 4.98 Å². The third-order valence-electron chi connectivity index (χ3n) is 4.31. The molecule has 1 heterocycles. The second kappa shape index (κ2) is 15.1. The zero-order chi connectivity index (χ0) is 17.6. The molecule has 1 aromatic rings. The van der Waals surface area contributed by atoms with Gasteiger partial charge in [-0.15, -0.1) is 17.0 Å². The fourth-order valence-corrected chi connectivity index (χ4v) is 2.84. The van der Waals surface area contributed by atoms with E-state index in [2.05, 4.69) is 18.5 Å². The van der Waals surface area contributed by atoms with Gasteiger partial charge in [-0.3, -0.25) is 4.98 Å². The van der Waals surface area contributed by atoms with Crippen LogP contribution in [-0.2, 0) is 11.2 Å². The molecule has 0 aliphatic rings. The SMILES string of the molecule is Br.C=CC(=O)Oc1c(C)ccnc1CCCCCCCCCCCC. The summed E-state index contributed by atoms with van der Waals surface area (Å²) in [6.07, 6.45) is 16.9. The summed E-state index contributed by atoms with van der Waals surface area (Å²) in [7, 11) is 0.